The largest absolute Gasteiger partial charge is 0.398 e. The Bertz CT molecular complexity index is 832. The summed E-state index contributed by atoms with van der Waals surface area (Å²) in [7, 11) is 1.48. The van der Waals surface area contributed by atoms with Gasteiger partial charge in [-0.3, -0.25) is 9.59 Å². The number of aromatic nitrogens is 1. The molecule has 0 saturated carbocycles. The van der Waals surface area contributed by atoms with Gasteiger partial charge in [0, 0.05) is 35.0 Å². The average molecular weight is 308 g/mol. The highest BCUT2D eigenvalue weighted by Crippen LogP contribution is 2.37. The maximum atomic E-state index is 13.5. The summed E-state index contributed by atoms with van der Waals surface area (Å²) in [6.45, 7) is 0. The number of rotatable bonds is 1. The second kappa shape index (κ2) is 4.60. The van der Waals surface area contributed by atoms with E-state index in [4.69, 9.17) is 17.3 Å². The lowest BCUT2D eigenvalue weighted by molar-refractivity contribution is 0.0952. The Morgan fingerprint density at radius 1 is 1.33 bits per heavy atom. The average Bonchev–Trinajstić information content (AvgIpc) is 2.77. The third kappa shape index (κ3) is 1.99. The highest BCUT2D eigenvalue weighted by molar-refractivity contribution is 6.31. The van der Waals surface area contributed by atoms with Gasteiger partial charge in [-0.15, -0.1) is 0 Å². The predicted molar refractivity (Wildman–Crippen MR) is 76.8 cm³/mol. The molecule has 1 unspecified atom stereocenters. The number of hydrogen-bond acceptors (Lipinski definition) is 3. The number of nitrogen functional groups attached to an aromatic ring is 1. The molecule has 3 N–H and O–H groups in total. The molecular formula is C14H11ClFN3O2. The molecule has 1 amide bonds. The van der Waals surface area contributed by atoms with Crippen molar-refractivity contribution in [1.82, 2.24) is 9.88 Å². The zero-order chi connectivity index (χ0) is 15.3. The molecule has 0 fully saturated rings. The lowest BCUT2D eigenvalue weighted by atomic mass is 9.99. The quantitative estimate of drug-likeness (QED) is 0.840. The molecule has 1 aromatic carbocycles. The number of pyridine rings is 1. The van der Waals surface area contributed by atoms with Gasteiger partial charge in [-0.05, 0) is 18.2 Å². The lowest BCUT2D eigenvalue weighted by Crippen LogP contribution is -2.24. The van der Waals surface area contributed by atoms with Crippen LogP contribution in [0.15, 0.2) is 29.1 Å². The van der Waals surface area contributed by atoms with Crippen LogP contribution in [0.2, 0.25) is 5.02 Å². The van der Waals surface area contributed by atoms with Crippen LogP contribution in [0.1, 0.15) is 27.7 Å². The first-order valence-corrected chi connectivity index (χ1v) is 6.53. The minimum atomic E-state index is -0.678. The Balaban J connectivity index is 2.28. The van der Waals surface area contributed by atoms with Crippen molar-refractivity contribution in [3.8, 4) is 0 Å². The van der Waals surface area contributed by atoms with E-state index >= 15 is 0 Å². The van der Waals surface area contributed by atoms with Gasteiger partial charge in [-0.2, -0.15) is 0 Å². The summed E-state index contributed by atoms with van der Waals surface area (Å²) in [4.78, 5) is 23.8. The summed E-state index contributed by atoms with van der Waals surface area (Å²) in [5, 5.41) is 2.99. The fraction of sp³-hybridized carbons (Fsp3) is 0.143. The van der Waals surface area contributed by atoms with E-state index in [9.17, 15) is 14.0 Å². The number of anilines is 1. The molecule has 0 aliphatic carbocycles. The van der Waals surface area contributed by atoms with Crippen LogP contribution >= 0.6 is 11.6 Å². The van der Waals surface area contributed by atoms with Crippen molar-refractivity contribution in [1.29, 1.82) is 0 Å². The number of halogens is 2. The van der Waals surface area contributed by atoms with E-state index in [1.54, 1.807) is 0 Å². The van der Waals surface area contributed by atoms with Gasteiger partial charge >= 0.3 is 0 Å². The molecule has 1 atom stereocenters. The SMILES string of the molecule is Cn1c2c(c(N)cc1=O)C(c1cc(F)ccc1Cl)NC2=O. The highest BCUT2D eigenvalue weighted by atomic mass is 35.5. The number of nitrogens with zero attached hydrogens (tertiary/aromatic N) is 1. The summed E-state index contributed by atoms with van der Waals surface area (Å²) in [6.07, 6.45) is 0. The van der Waals surface area contributed by atoms with Gasteiger partial charge in [-0.1, -0.05) is 11.6 Å². The molecule has 5 nitrogen and oxygen atoms in total. The van der Waals surface area contributed by atoms with Crippen LogP contribution in [0.5, 0.6) is 0 Å². The van der Waals surface area contributed by atoms with E-state index in [1.807, 2.05) is 0 Å². The molecule has 3 rings (SSSR count). The standard InChI is InChI=1S/C14H11ClFN3O2/c1-19-10(20)5-9(17)11-12(18-14(21)13(11)19)7-4-6(16)2-3-8(7)15/h2-5,12H,17H2,1H3,(H,18,21). The molecule has 0 saturated heterocycles. The number of hydrogen-bond donors (Lipinski definition) is 2. The van der Waals surface area contributed by atoms with Crippen LogP contribution in [0.4, 0.5) is 10.1 Å². The fourth-order valence-corrected chi connectivity index (χ4v) is 2.78. The van der Waals surface area contributed by atoms with Crippen LogP contribution in [0, 0.1) is 5.82 Å². The molecule has 2 heterocycles. The number of nitrogens with one attached hydrogen (secondary N) is 1. The van der Waals surface area contributed by atoms with Gasteiger partial charge in [0.05, 0.1) is 6.04 Å². The molecule has 1 aromatic heterocycles. The zero-order valence-electron chi connectivity index (χ0n) is 11.0. The molecular weight excluding hydrogens is 297 g/mol. The summed E-state index contributed by atoms with van der Waals surface area (Å²) in [5.74, 6) is -0.914. The van der Waals surface area contributed by atoms with Crippen LogP contribution < -0.4 is 16.6 Å². The maximum absolute atomic E-state index is 13.5. The monoisotopic (exact) mass is 307 g/mol. The van der Waals surface area contributed by atoms with Crippen LogP contribution in [0.25, 0.3) is 0 Å². The third-order valence-corrected chi connectivity index (χ3v) is 3.90. The van der Waals surface area contributed by atoms with Crippen molar-refractivity contribution in [2.45, 2.75) is 6.04 Å². The number of carbonyl (C=O) groups is 1. The van der Waals surface area contributed by atoms with E-state index in [2.05, 4.69) is 5.32 Å². The minimum Gasteiger partial charge on any atom is -0.398 e. The summed E-state index contributed by atoms with van der Waals surface area (Å²) in [5.41, 5.74) is 6.68. The van der Waals surface area contributed by atoms with E-state index in [-0.39, 0.29) is 16.9 Å². The second-order valence-electron chi connectivity index (χ2n) is 4.83. The Morgan fingerprint density at radius 3 is 2.76 bits per heavy atom. The Kier molecular flexibility index (Phi) is 2.98. The van der Waals surface area contributed by atoms with Crippen LogP contribution in [-0.2, 0) is 7.05 Å². The Labute approximate surface area is 124 Å². The molecule has 7 heteroatoms. The van der Waals surface area contributed by atoms with Crippen molar-refractivity contribution >= 4 is 23.2 Å². The summed E-state index contributed by atoms with van der Waals surface area (Å²) in [6, 6.07) is 4.44. The summed E-state index contributed by atoms with van der Waals surface area (Å²) >= 11 is 6.09. The molecule has 2 aromatic rings. The fourth-order valence-electron chi connectivity index (χ4n) is 2.55. The Morgan fingerprint density at radius 2 is 2.05 bits per heavy atom. The molecule has 21 heavy (non-hydrogen) atoms. The van der Waals surface area contributed by atoms with Crippen molar-refractivity contribution in [3.63, 3.8) is 0 Å². The lowest BCUT2D eigenvalue weighted by Gasteiger charge is -2.16. The second-order valence-corrected chi connectivity index (χ2v) is 5.24. The topological polar surface area (TPSA) is 77.1 Å². The van der Waals surface area contributed by atoms with Gasteiger partial charge in [0.1, 0.15) is 11.5 Å². The van der Waals surface area contributed by atoms with Crippen molar-refractivity contribution in [3.05, 3.63) is 62.3 Å². The normalized spacial score (nSPS) is 16.7. The number of carbonyl (C=O) groups excluding carboxylic acids is 1. The van der Waals surface area contributed by atoms with E-state index < -0.39 is 17.8 Å². The van der Waals surface area contributed by atoms with E-state index in [0.29, 0.717) is 16.1 Å². The number of benzene rings is 1. The van der Waals surface area contributed by atoms with Gasteiger partial charge in [0.25, 0.3) is 11.5 Å². The van der Waals surface area contributed by atoms with Crippen LogP contribution in [-0.4, -0.2) is 10.5 Å². The molecule has 108 valence electrons. The zero-order valence-corrected chi connectivity index (χ0v) is 11.7. The molecule has 1 aliphatic heterocycles. The first-order chi connectivity index (χ1) is 9.90. The van der Waals surface area contributed by atoms with Crippen LogP contribution in [0.3, 0.4) is 0 Å². The Hall–Kier alpha value is -2.34. The predicted octanol–water partition coefficient (Wildman–Crippen LogP) is 1.59. The van der Waals surface area contributed by atoms with E-state index in [1.165, 1.54) is 35.9 Å². The first kappa shape index (κ1) is 13.6. The minimum absolute atomic E-state index is 0.172. The smallest absolute Gasteiger partial charge is 0.269 e. The molecule has 1 aliphatic rings. The summed E-state index contributed by atoms with van der Waals surface area (Å²) < 4.78 is 14.7. The number of fused-ring (bicyclic) bond motifs is 1. The molecule has 0 bridgehead atoms. The molecule has 0 spiro atoms. The van der Waals surface area contributed by atoms with E-state index in [0.717, 1.165) is 0 Å². The highest BCUT2D eigenvalue weighted by Gasteiger charge is 2.35. The maximum Gasteiger partial charge on any atom is 0.269 e. The van der Waals surface area contributed by atoms with Gasteiger partial charge in [0.2, 0.25) is 0 Å². The van der Waals surface area contributed by atoms with Crippen molar-refractivity contribution in [2.24, 2.45) is 7.05 Å². The number of nitrogens with two attached hydrogens (primary N) is 1. The molecule has 0 radical (unpaired) electrons. The van der Waals surface area contributed by atoms with Gasteiger partial charge < -0.3 is 15.6 Å². The third-order valence-electron chi connectivity index (χ3n) is 3.56. The number of amides is 1. The van der Waals surface area contributed by atoms with Crippen molar-refractivity contribution < 1.29 is 9.18 Å². The van der Waals surface area contributed by atoms with Crippen molar-refractivity contribution in [2.75, 3.05) is 5.73 Å². The van der Waals surface area contributed by atoms with Gasteiger partial charge in [-0.25, -0.2) is 4.39 Å². The van der Waals surface area contributed by atoms with Gasteiger partial charge in [0.15, 0.2) is 0 Å². The first-order valence-electron chi connectivity index (χ1n) is 6.15.